The van der Waals surface area contributed by atoms with Crippen molar-refractivity contribution in [1.29, 1.82) is 0 Å². The highest BCUT2D eigenvalue weighted by Gasteiger charge is 2.17. The normalized spacial score (nSPS) is 16.8. The van der Waals surface area contributed by atoms with E-state index in [1.807, 2.05) is 16.9 Å². The Bertz CT molecular complexity index is 755. The molecule has 0 saturated carbocycles. The van der Waals surface area contributed by atoms with E-state index in [0.717, 1.165) is 63.0 Å². The fourth-order valence-electron chi connectivity index (χ4n) is 3.24. The van der Waals surface area contributed by atoms with Crippen molar-refractivity contribution in [3.05, 3.63) is 47.8 Å². The third kappa shape index (κ3) is 7.09. The molecular formula is C22H33N5O2. The van der Waals surface area contributed by atoms with Crippen LogP contribution in [0.5, 0.6) is 5.75 Å². The number of nitrogens with zero attached hydrogens (tertiary/aromatic N) is 3. The molecule has 29 heavy (non-hydrogen) atoms. The summed E-state index contributed by atoms with van der Waals surface area (Å²) < 4.78 is 13.5. The summed E-state index contributed by atoms with van der Waals surface area (Å²) >= 11 is 0. The molecule has 7 nitrogen and oxygen atoms in total. The van der Waals surface area contributed by atoms with Gasteiger partial charge >= 0.3 is 0 Å². The number of nitrogens with one attached hydrogen (secondary N) is 2. The van der Waals surface area contributed by atoms with Gasteiger partial charge in [-0.15, -0.1) is 0 Å². The van der Waals surface area contributed by atoms with E-state index in [-0.39, 0.29) is 0 Å². The molecule has 0 aliphatic carbocycles. The van der Waals surface area contributed by atoms with Crippen molar-refractivity contribution in [3.63, 3.8) is 0 Å². The Morgan fingerprint density at radius 1 is 1.38 bits per heavy atom. The molecule has 1 unspecified atom stereocenters. The van der Waals surface area contributed by atoms with Crippen LogP contribution in [0.4, 0.5) is 0 Å². The molecule has 158 valence electrons. The number of aryl methyl sites for hydroxylation is 2. The summed E-state index contributed by atoms with van der Waals surface area (Å²) in [6.45, 7) is 9.63. The van der Waals surface area contributed by atoms with Gasteiger partial charge in [-0.1, -0.05) is 12.1 Å². The van der Waals surface area contributed by atoms with Gasteiger partial charge in [0.2, 0.25) is 0 Å². The average Bonchev–Trinajstić information content (AvgIpc) is 3.42. The first-order valence-electron chi connectivity index (χ1n) is 10.5. The molecule has 7 heteroatoms. The molecule has 0 spiro atoms. The Morgan fingerprint density at radius 3 is 3.07 bits per heavy atom. The first-order chi connectivity index (χ1) is 14.2. The fraction of sp³-hybridized carbons (Fsp3) is 0.545. The highest BCUT2D eigenvalue weighted by Crippen LogP contribution is 2.23. The smallest absolute Gasteiger partial charge is 0.191 e. The summed E-state index contributed by atoms with van der Waals surface area (Å²) in [5.74, 6) is 2.24. The van der Waals surface area contributed by atoms with Gasteiger partial charge < -0.3 is 20.1 Å². The van der Waals surface area contributed by atoms with Crippen molar-refractivity contribution in [2.75, 3.05) is 32.9 Å². The van der Waals surface area contributed by atoms with Crippen molar-refractivity contribution < 1.29 is 9.47 Å². The van der Waals surface area contributed by atoms with Crippen molar-refractivity contribution in [1.82, 2.24) is 20.4 Å². The van der Waals surface area contributed by atoms with Gasteiger partial charge in [-0.2, -0.15) is 5.10 Å². The molecule has 1 aliphatic heterocycles. The molecule has 1 saturated heterocycles. The van der Waals surface area contributed by atoms with Gasteiger partial charge in [-0.25, -0.2) is 4.99 Å². The predicted molar refractivity (Wildman–Crippen MR) is 115 cm³/mol. The first-order valence-corrected chi connectivity index (χ1v) is 10.5. The number of hydrogen-bond acceptors (Lipinski definition) is 4. The summed E-state index contributed by atoms with van der Waals surface area (Å²) in [6, 6.07) is 8.27. The fourth-order valence-corrected chi connectivity index (χ4v) is 3.24. The van der Waals surface area contributed by atoms with Crippen molar-refractivity contribution in [3.8, 4) is 5.75 Å². The van der Waals surface area contributed by atoms with Crippen LogP contribution >= 0.6 is 0 Å². The van der Waals surface area contributed by atoms with Crippen LogP contribution in [0.15, 0.2) is 41.7 Å². The molecule has 0 bridgehead atoms. The molecule has 1 aliphatic rings. The van der Waals surface area contributed by atoms with Crippen LogP contribution in [0, 0.1) is 12.8 Å². The van der Waals surface area contributed by atoms with E-state index in [4.69, 9.17) is 14.5 Å². The number of rotatable bonds is 10. The lowest BCUT2D eigenvalue weighted by Crippen LogP contribution is -2.38. The number of guanidine groups is 1. The first kappa shape index (κ1) is 21.2. The Hall–Kier alpha value is -2.54. The monoisotopic (exact) mass is 399 g/mol. The lowest BCUT2D eigenvalue weighted by atomic mass is 10.1. The number of aromatic nitrogens is 2. The number of hydrogen-bond donors (Lipinski definition) is 2. The zero-order valence-electron chi connectivity index (χ0n) is 17.6. The highest BCUT2D eigenvalue weighted by molar-refractivity contribution is 5.79. The van der Waals surface area contributed by atoms with Crippen LogP contribution in [0.2, 0.25) is 0 Å². The minimum absolute atomic E-state index is 0.487. The van der Waals surface area contributed by atoms with Crippen molar-refractivity contribution in [2.45, 2.75) is 39.8 Å². The summed E-state index contributed by atoms with van der Waals surface area (Å²) in [4.78, 5) is 4.76. The summed E-state index contributed by atoms with van der Waals surface area (Å²) in [7, 11) is 0. The lowest BCUT2D eigenvalue weighted by Gasteiger charge is -2.15. The highest BCUT2D eigenvalue weighted by atomic mass is 16.5. The maximum Gasteiger partial charge on any atom is 0.191 e. The maximum absolute atomic E-state index is 6.13. The quantitative estimate of drug-likeness (QED) is 0.365. The van der Waals surface area contributed by atoms with Gasteiger partial charge in [0.15, 0.2) is 5.96 Å². The van der Waals surface area contributed by atoms with E-state index in [1.54, 1.807) is 6.20 Å². The van der Waals surface area contributed by atoms with Crippen LogP contribution < -0.4 is 15.4 Å². The van der Waals surface area contributed by atoms with Gasteiger partial charge in [-0.05, 0) is 44.4 Å². The number of ether oxygens (including phenoxy) is 2. The Balaban J connectivity index is 1.54. The zero-order valence-corrected chi connectivity index (χ0v) is 17.6. The lowest BCUT2D eigenvalue weighted by molar-refractivity contribution is 0.166. The Morgan fingerprint density at radius 2 is 2.31 bits per heavy atom. The molecule has 1 aromatic carbocycles. The second-order valence-corrected chi connectivity index (χ2v) is 7.40. The van der Waals surface area contributed by atoms with Crippen LogP contribution in [0.3, 0.4) is 0 Å². The molecular weight excluding hydrogens is 366 g/mol. The third-order valence-corrected chi connectivity index (χ3v) is 4.89. The summed E-state index contributed by atoms with van der Waals surface area (Å²) in [5.41, 5.74) is 2.29. The molecule has 1 atom stereocenters. The second-order valence-electron chi connectivity index (χ2n) is 7.40. The molecule has 1 fully saturated rings. The van der Waals surface area contributed by atoms with Gasteiger partial charge in [-0.3, -0.25) is 4.68 Å². The second kappa shape index (κ2) is 11.5. The van der Waals surface area contributed by atoms with Crippen molar-refractivity contribution >= 4 is 5.96 Å². The van der Waals surface area contributed by atoms with E-state index in [9.17, 15) is 0 Å². The minimum atomic E-state index is 0.487. The van der Waals surface area contributed by atoms with Crippen molar-refractivity contribution in [2.24, 2.45) is 10.9 Å². The van der Waals surface area contributed by atoms with Crippen LogP contribution in [-0.2, 0) is 17.8 Å². The van der Waals surface area contributed by atoms with Gasteiger partial charge in [0, 0.05) is 50.1 Å². The van der Waals surface area contributed by atoms with Gasteiger partial charge in [0.05, 0.1) is 19.8 Å². The van der Waals surface area contributed by atoms with Gasteiger partial charge in [0.25, 0.3) is 0 Å². The van der Waals surface area contributed by atoms with E-state index in [1.165, 1.54) is 5.56 Å². The summed E-state index contributed by atoms with van der Waals surface area (Å²) in [5, 5.41) is 10.9. The van der Waals surface area contributed by atoms with Crippen LogP contribution in [-0.4, -0.2) is 48.7 Å². The molecule has 2 heterocycles. The summed E-state index contributed by atoms with van der Waals surface area (Å²) in [6.07, 6.45) is 5.84. The molecule has 2 aromatic rings. The molecule has 0 radical (unpaired) electrons. The molecule has 2 N–H and O–H groups in total. The largest absolute Gasteiger partial charge is 0.493 e. The standard InChI is InChI=1S/C22H33N5O2/c1-3-23-22(24-9-4-11-27-12-5-10-26-27)25-15-20-7-6-18(2)14-21(20)29-17-19-8-13-28-16-19/h5-7,10,12,14,19H,3-4,8-9,11,13,15-17H2,1-2H3,(H2,23,24,25). The third-order valence-electron chi connectivity index (χ3n) is 4.89. The Kier molecular flexibility index (Phi) is 8.37. The predicted octanol–water partition coefficient (Wildman–Crippen LogP) is 2.75. The average molecular weight is 400 g/mol. The van der Waals surface area contributed by atoms with E-state index in [2.05, 4.69) is 47.8 Å². The van der Waals surface area contributed by atoms with Crippen LogP contribution in [0.25, 0.3) is 0 Å². The molecule has 0 amide bonds. The van der Waals surface area contributed by atoms with E-state index in [0.29, 0.717) is 19.1 Å². The molecule has 3 rings (SSSR count). The Labute approximate surface area is 173 Å². The maximum atomic E-state index is 6.13. The number of benzene rings is 1. The van der Waals surface area contributed by atoms with Crippen LogP contribution in [0.1, 0.15) is 30.9 Å². The molecule has 1 aromatic heterocycles. The SMILES string of the molecule is CCNC(=NCc1ccc(C)cc1OCC1CCOC1)NCCCn1cccn1. The minimum Gasteiger partial charge on any atom is -0.493 e. The zero-order chi connectivity index (χ0) is 20.3. The number of aliphatic imine (C=N–C) groups is 1. The topological polar surface area (TPSA) is 72.7 Å². The van der Waals surface area contributed by atoms with E-state index < -0.39 is 0 Å². The van der Waals surface area contributed by atoms with Gasteiger partial charge in [0.1, 0.15) is 5.75 Å². The van der Waals surface area contributed by atoms with E-state index >= 15 is 0 Å².